The van der Waals surface area contributed by atoms with Gasteiger partial charge in [-0.25, -0.2) is 10.0 Å². The van der Waals surface area contributed by atoms with Crippen LogP contribution in [0.4, 0.5) is 11.4 Å². The van der Waals surface area contributed by atoms with Crippen LogP contribution in [-0.2, 0) is 4.79 Å². The van der Waals surface area contributed by atoms with Crippen molar-refractivity contribution < 1.29 is 4.79 Å². The van der Waals surface area contributed by atoms with Gasteiger partial charge in [-0.3, -0.25) is 4.79 Å². The van der Waals surface area contributed by atoms with Crippen molar-refractivity contribution in [1.82, 2.24) is 0 Å². The molecule has 172 valence electrons. The number of Topliss-reactive ketones (excluding diaryl/α,β-unsaturated/α-hetero) is 1. The number of benzene rings is 3. The molecule has 6 heteroatoms. The summed E-state index contributed by atoms with van der Waals surface area (Å²) >= 11 is 1.50. The number of hydrogen-bond donors (Lipinski definition) is 0. The lowest BCUT2D eigenvalue weighted by Gasteiger charge is -2.46. The molecule has 1 atom stereocenters. The summed E-state index contributed by atoms with van der Waals surface area (Å²) in [5.41, 5.74) is 5.38. The van der Waals surface area contributed by atoms with Gasteiger partial charge in [0.2, 0.25) is 4.99 Å². The van der Waals surface area contributed by atoms with Gasteiger partial charge in [0.05, 0.1) is 17.1 Å². The molecule has 0 saturated heterocycles. The van der Waals surface area contributed by atoms with Crippen LogP contribution < -0.4 is 10.0 Å². The molecule has 2 aliphatic heterocycles. The number of carbonyl (C=O) groups is 1. The van der Waals surface area contributed by atoms with E-state index in [0.717, 1.165) is 35.5 Å². The lowest BCUT2D eigenvalue weighted by atomic mass is 9.97. The minimum Gasteiger partial charge on any atom is -0.292 e. The highest BCUT2D eigenvalue weighted by Gasteiger charge is 2.52. The molecule has 0 N–H and O–H groups in total. The van der Waals surface area contributed by atoms with Crippen LogP contribution in [0.2, 0.25) is 0 Å². The Balaban J connectivity index is 1.62. The summed E-state index contributed by atoms with van der Waals surface area (Å²) in [5.74, 6) is 0.456. The van der Waals surface area contributed by atoms with E-state index in [1.54, 1.807) is 6.92 Å². The Kier molecular flexibility index (Phi) is 6.00. The maximum absolute atomic E-state index is 12.4. The molecule has 0 aliphatic carbocycles. The Bertz CT molecular complexity index is 1240. The van der Waals surface area contributed by atoms with E-state index in [9.17, 15) is 4.79 Å². The van der Waals surface area contributed by atoms with Crippen molar-refractivity contribution >= 4 is 39.7 Å². The summed E-state index contributed by atoms with van der Waals surface area (Å²) in [4.78, 5) is 11.8. The fraction of sp³-hybridized carbons (Fsp3) is 0.250. The Hall–Kier alpha value is -3.38. The van der Waals surface area contributed by atoms with Crippen molar-refractivity contribution in [3.05, 3.63) is 96.1 Å². The molecule has 5 rings (SSSR count). The average Bonchev–Trinajstić information content (AvgIpc) is 3.25. The molecule has 3 aromatic carbocycles. The molecular weight excluding hydrogens is 440 g/mol. The Labute approximate surface area is 205 Å². The second-order valence-electron chi connectivity index (χ2n) is 8.92. The molecule has 5 nitrogen and oxygen atoms in total. The fourth-order valence-corrected chi connectivity index (χ4v) is 5.62. The summed E-state index contributed by atoms with van der Waals surface area (Å²) in [6, 6.07) is 28.9. The van der Waals surface area contributed by atoms with Crippen LogP contribution in [0.15, 0.2) is 95.1 Å². The molecule has 0 radical (unpaired) electrons. The van der Waals surface area contributed by atoms with Crippen LogP contribution in [-0.4, -0.2) is 21.5 Å². The van der Waals surface area contributed by atoms with Gasteiger partial charge in [0, 0.05) is 13.3 Å². The first kappa shape index (κ1) is 22.4. The standard InChI is InChI=1S/C28H28N4OS/c1-20(2)22-14-16-23(17-15-22)26-18-19-28(31(29-26)24-10-6-4-7-11-24)32(25-12-8-5-9-13-25)30-27(34-28)21(3)33/h4-17,20H,18-19H2,1-3H3/t28-/m1/s1. The molecule has 1 spiro atoms. The monoisotopic (exact) mass is 468 g/mol. The zero-order valence-corrected chi connectivity index (χ0v) is 20.5. The molecule has 2 aliphatic rings. The van der Waals surface area contributed by atoms with E-state index in [-0.39, 0.29) is 5.78 Å². The largest absolute Gasteiger partial charge is 0.292 e. The molecular formula is C28H28N4OS. The smallest absolute Gasteiger partial charge is 0.208 e. The van der Waals surface area contributed by atoms with Gasteiger partial charge in [0.1, 0.15) is 0 Å². The fourth-order valence-electron chi connectivity index (χ4n) is 4.38. The molecule has 3 aromatic rings. The second kappa shape index (κ2) is 9.11. The number of para-hydroxylation sites is 2. The van der Waals surface area contributed by atoms with Gasteiger partial charge >= 0.3 is 0 Å². The molecule has 0 unspecified atom stereocenters. The number of nitrogens with zero attached hydrogens (tertiary/aromatic N) is 4. The molecule has 34 heavy (non-hydrogen) atoms. The first-order valence-electron chi connectivity index (χ1n) is 11.6. The highest BCUT2D eigenvalue weighted by molar-refractivity contribution is 8.17. The van der Waals surface area contributed by atoms with Crippen LogP contribution in [0, 0.1) is 0 Å². The van der Waals surface area contributed by atoms with Crippen LogP contribution in [0.5, 0.6) is 0 Å². The predicted octanol–water partition coefficient (Wildman–Crippen LogP) is 6.62. The summed E-state index contributed by atoms with van der Waals surface area (Å²) in [5, 5.41) is 14.5. The van der Waals surface area contributed by atoms with E-state index in [1.807, 2.05) is 53.5 Å². The summed E-state index contributed by atoms with van der Waals surface area (Å²) in [6.45, 7) is 5.99. The van der Waals surface area contributed by atoms with Gasteiger partial charge in [-0.15, -0.1) is 0 Å². The van der Waals surface area contributed by atoms with Gasteiger partial charge in [-0.1, -0.05) is 74.5 Å². The third-order valence-corrected chi connectivity index (χ3v) is 7.67. The lowest BCUT2D eigenvalue weighted by molar-refractivity contribution is -0.110. The van der Waals surface area contributed by atoms with E-state index in [4.69, 9.17) is 10.2 Å². The van der Waals surface area contributed by atoms with Crippen molar-refractivity contribution in [2.45, 2.75) is 44.5 Å². The number of carbonyl (C=O) groups excluding carboxylic acids is 1. The number of thioether (sulfide) groups is 1. The number of ketones is 1. The normalized spacial score (nSPS) is 20.0. The molecule has 0 amide bonds. The minimum atomic E-state index is -0.662. The minimum absolute atomic E-state index is 0.0325. The van der Waals surface area contributed by atoms with Crippen LogP contribution in [0.25, 0.3) is 0 Å². The highest BCUT2D eigenvalue weighted by Crippen LogP contribution is 2.50. The Morgan fingerprint density at radius 3 is 1.94 bits per heavy atom. The van der Waals surface area contributed by atoms with Crippen LogP contribution in [0.1, 0.15) is 50.7 Å². The zero-order valence-electron chi connectivity index (χ0n) is 19.7. The zero-order chi connectivity index (χ0) is 23.7. The molecule has 2 heterocycles. The van der Waals surface area contributed by atoms with Gasteiger partial charge < -0.3 is 0 Å². The Morgan fingerprint density at radius 2 is 1.41 bits per heavy atom. The third-order valence-electron chi connectivity index (χ3n) is 6.23. The highest BCUT2D eigenvalue weighted by atomic mass is 32.2. The average molecular weight is 469 g/mol. The van der Waals surface area contributed by atoms with E-state index in [2.05, 4.69) is 55.3 Å². The summed E-state index contributed by atoms with van der Waals surface area (Å²) in [6.07, 6.45) is 1.54. The van der Waals surface area contributed by atoms with Crippen molar-refractivity contribution in [2.75, 3.05) is 10.0 Å². The number of anilines is 2. The number of hydrazone groups is 2. The lowest BCUT2D eigenvalue weighted by Crippen LogP contribution is -2.56. The van der Waals surface area contributed by atoms with Crippen molar-refractivity contribution in [1.29, 1.82) is 0 Å². The second-order valence-corrected chi connectivity index (χ2v) is 10.2. The summed E-state index contributed by atoms with van der Waals surface area (Å²) in [7, 11) is 0. The van der Waals surface area contributed by atoms with Gasteiger partial charge in [0.25, 0.3) is 0 Å². The van der Waals surface area contributed by atoms with E-state index in [0.29, 0.717) is 11.0 Å². The molecule has 0 bridgehead atoms. The molecule has 0 saturated carbocycles. The van der Waals surface area contributed by atoms with E-state index < -0.39 is 4.99 Å². The summed E-state index contributed by atoms with van der Waals surface area (Å²) < 4.78 is 0. The third kappa shape index (κ3) is 4.03. The number of hydrogen-bond acceptors (Lipinski definition) is 6. The van der Waals surface area contributed by atoms with Gasteiger partial charge in [-0.2, -0.15) is 10.2 Å². The van der Waals surface area contributed by atoms with Crippen molar-refractivity contribution in [3.8, 4) is 0 Å². The Morgan fingerprint density at radius 1 is 0.853 bits per heavy atom. The van der Waals surface area contributed by atoms with Crippen molar-refractivity contribution in [2.24, 2.45) is 10.2 Å². The van der Waals surface area contributed by atoms with Gasteiger partial charge in [-0.05, 0) is 59.5 Å². The van der Waals surface area contributed by atoms with Crippen molar-refractivity contribution in [3.63, 3.8) is 0 Å². The maximum Gasteiger partial charge on any atom is 0.208 e. The predicted molar refractivity (Wildman–Crippen MR) is 143 cm³/mol. The number of rotatable bonds is 5. The van der Waals surface area contributed by atoms with Gasteiger partial charge in [0.15, 0.2) is 10.8 Å². The van der Waals surface area contributed by atoms with Crippen LogP contribution in [0.3, 0.4) is 0 Å². The maximum atomic E-state index is 12.4. The first-order chi connectivity index (χ1) is 16.5. The first-order valence-corrected chi connectivity index (χ1v) is 12.5. The SMILES string of the molecule is CC(=O)C1=NN(c2ccccc2)[C@]2(CCC(c3ccc(C(C)C)cc3)=NN2c2ccccc2)S1. The molecule has 0 aromatic heterocycles. The van der Waals surface area contributed by atoms with E-state index >= 15 is 0 Å². The van der Waals surface area contributed by atoms with E-state index in [1.165, 1.54) is 17.3 Å². The topological polar surface area (TPSA) is 48.3 Å². The molecule has 0 fully saturated rings. The quantitative estimate of drug-likeness (QED) is 0.422. The van der Waals surface area contributed by atoms with Crippen LogP contribution >= 0.6 is 11.8 Å².